The first-order chi connectivity index (χ1) is 17.5. The summed E-state index contributed by atoms with van der Waals surface area (Å²) in [4.78, 5) is 23.2. The zero-order chi connectivity index (χ0) is 26.9. The van der Waals surface area contributed by atoms with Crippen molar-refractivity contribution < 1.29 is 22.9 Å². The third-order valence-electron chi connectivity index (χ3n) is 5.56. The first kappa shape index (κ1) is 26.6. The number of nitrogens with one attached hydrogen (secondary N) is 2. The van der Waals surface area contributed by atoms with Crippen LogP contribution < -0.4 is 14.8 Å². The van der Waals surface area contributed by atoms with Crippen LogP contribution >= 0.6 is 11.6 Å². The molecule has 4 rings (SSSR count). The van der Waals surface area contributed by atoms with Crippen molar-refractivity contribution in [1.29, 1.82) is 0 Å². The lowest BCUT2D eigenvalue weighted by atomic mass is 10.2. The smallest absolute Gasteiger partial charge is 0.272 e. The molecule has 196 valence electrons. The van der Waals surface area contributed by atoms with Crippen molar-refractivity contribution in [3.63, 3.8) is 0 Å². The van der Waals surface area contributed by atoms with Crippen LogP contribution in [0.15, 0.2) is 47.4 Å². The SMILES string of the molecule is Cc1c(C(=O)NC2CC2)nn(-c2cccc(Cl)c2)c1Oc1ccc([N+](=O)[O-])cc1S(=O)(=O)NCC(C)C. The monoisotopic (exact) mass is 547 g/mol. The second kappa shape index (κ2) is 10.5. The first-order valence-electron chi connectivity index (χ1n) is 11.6. The van der Waals surface area contributed by atoms with E-state index in [0.29, 0.717) is 16.3 Å². The molecule has 0 spiro atoms. The Morgan fingerprint density at radius 3 is 2.62 bits per heavy atom. The fraction of sp³-hybridized carbons (Fsp3) is 0.333. The third-order valence-corrected chi connectivity index (χ3v) is 7.24. The second-order valence-electron chi connectivity index (χ2n) is 9.15. The van der Waals surface area contributed by atoms with Crippen molar-refractivity contribution in [2.45, 2.75) is 44.6 Å². The van der Waals surface area contributed by atoms with Crippen molar-refractivity contribution >= 4 is 33.2 Å². The number of amides is 1. The normalized spacial score (nSPS) is 13.5. The molecule has 1 fully saturated rings. The molecule has 11 nitrogen and oxygen atoms in total. The van der Waals surface area contributed by atoms with Crippen LogP contribution in [0.5, 0.6) is 11.6 Å². The molecule has 0 saturated heterocycles. The largest absolute Gasteiger partial charge is 0.437 e. The lowest BCUT2D eigenvalue weighted by molar-refractivity contribution is -0.385. The Hall–Kier alpha value is -3.48. The predicted molar refractivity (Wildman–Crippen MR) is 137 cm³/mol. The number of sulfonamides is 1. The number of nitrogens with zero attached hydrogens (tertiary/aromatic N) is 3. The molecular formula is C24H26ClN5O6S. The van der Waals surface area contributed by atoms with Crippen molar-refractivity contribution in [3.05, 3.63) is 68.9 Å². The van der Waals surface area contributed by atoms with E-state index in [9.17, 15) is 23.3 Å². The van der Waals surface area contributed by atoms with E-state index in [1.165, 1.54) is 10.7 Å². The molecule has 0 radical (unpaired) electrons. The number of non-ortho nitro benzene ring substituents is 1. The molecule has 1 amide bonds. The fourth-order valence-corrected chi connectivity index (χ4v) is 4.99. The van der Waals surface area contributed by atoms with Crippen LogP contribution in [0.4, 0.5) is 5.69 Å². The van der Waals surface area contributed by atoms with E-state index in [4.69, 9.17) is 16.3 Å². The third kappa shape index (κ3) is 6.09. The summed E-state index contributed by atoms with van der Waals surface area (Å²) in [6, 6.07) is 10.1. The summed E-state index contributed by atoms with van der Waals surface area (Å²) in [6.45, 7) is 5.40. The average Bonchev–Trinajstić information content (AvgIpc) is 3.59. The van der Waals surface area contributed by atoms with Crippen molar-refractivity contribution in [2.24, 2.45) is 5.92 Å². The van der Waals surface area contributed by atoms with Crippen LogP contribution in [0.1, 0.15) is 42.7 Å². The highest BCUT2D eigenvalue weighted by atomic mass is 35.5. The molecule has 1 aromatic heterocycles. The molecule has 0 unspecified atom stereocenters. The number of carbonyl (C=O) groups is 1. The van der Waals surface area contributed by atoms with Gasteiger partial charge in [0.15, 0.2) is 5.69 Å². The molecule has 1 aliphatic rings. The van der Waals surface area contributed by atoms with Gasteiger partial charge in [-0.3, -0.25) is 14.9 Å². The van der Waals surface area contributed by atoms with Crippen LogP contribution in [0.3, 0.4) is 0 Å². The topological polar surface area (TPSA) is 145 Å². The van der Waals surface area contributed by atoms with Crippen LogP contribution in [0.25, 0.3) is 5.69 Å². The number of nitro benzene ring substituents is 1. The number of aromatic nitrogens is 2. The summed E-state index contributed by atoms with van der Waals surface area (Å²) < 4.78 is 36.1. The van der Waals surface area contributed by atoms with E-state index >= 15 is 0 Å². The van der Waals surface area contributed by atoms with Crippen molar-refractivity contribution in [3.8, 4) is 17.3 Å². The van der Waals surface area contributed by atoms with Crippen molar-refractivity contribution in [2.75, 3.05) is 6.54 Å². The molecule has 1 heterocycles. The number of nitro groups is 1. The van der Waals surface area contributed by atoms with Crippen molar-refractivity contribution in [1.82, 2.24) is 19.8 Å². The van der Waals surface area contributed by atoms with E-state index in [-0.39, 0.29) is 41.7 Å². The van der Waals surface area contributed by atoms with Crippen LogP contribution in [0.2, 0.25) is 5.02 Å². The van der Waals surface area contributed by atoms with E-state index in [1.54, 1.807) is 31.2 Å². The first-order valence-corrected chi connectivity index (χ1v) is 13.4. The van der Waals surface area contributed by atoms with E-state index < -0.39 is 25.5 Å². The summed E-state index contributed by atoms with van der Waals surface area (Å²) in [5.74, 6) is -0.489. The highest BCUT2D eigenvalue weighted by Crippen LogP contribution is 2.36. The van der Waals surface area contributed by atoms with Gasteiger partial charge in [-0.15, -0.1) is 0 Å². The maximum atomic E-state index is 13.1. The molecule has 37 heavy (non-hydrogen) atoms. The Labute approximate surface area is 219 Å². The van der Waals surface area contributed by atoms with Gasteiger partial charge in [-0.25, -0.2) is 13.1 Å². The van der Waals surface area contributed by atoms with Crippen LogP contribution in [-0.2, 0) is 10.0 Å². The minimum absolute atomic E-state index is 0.00288. The van der Waals surface area contributed by atoms with Gasteiger partial charge in [0.05, 0.1) is 10.6 Å². The fourth-order valence-electron chi connectivity index (χ4n) is 3.44. The maximum Gasteiger partial charge on any atom is 0.272 e. The van der Waals surface area contributed by atoms with Gasteiger partial charge in [-0.1, -0.05) is 31.5 Å². The Morgan fingerprint density at radius 1 is 1.27 bits per heavy atom. The number of rotatable bonds is 10. The Kier molecular flexibility index (Phi) is 7.53. The summed E-state index contributed by atoms with van der Waals surface area (Å²) >= 11 is 6.17. The summed E-state index contributed by atoms with van der Waals surface area (Å²) in [6.07, 6.45) is 1.77. The number of benzene rings is 2. The van der Waals surface area contributed by atoms with Gasteiger partial charge in [-0.05, 0) is 49.9 Å². The van der Waals surface area contributed by atoms with Gasteiger partial charge in [-0.2, -0.15) is 9.78 Å². The number of carbonyl (C=O) groups excluding carboxylic acids is 1. The number of halogens is 1. The zero-order valence-electron chi connectivity index (χ0n) is 20.4. The lowest BCUT2D eigenvalue weighted by Crippen LogP contribution is -2.28. The maximum absolute atomic E-state index is 13.1. The highest BCUT2D eigenvalue weighted by Gasteiger charge is 2.30. The summed E-state index contributed by atoms with van der Waals surface area (Å²) in [5, 5.41) is 19.1. The summed E-state index contributed by atoms with van der Waals surface area (Å²) in [5.41, 5.74) is 0.517. The molecule has 0 aliphatic heterocycles. The molecule has 1 saturated carbocycles. The second-order valence-corrected chi connectivity index (χ2v) is 11.3. The minimum Gasteiger partial charge on any atom is -0.437 e. The zero-order valence-corrected chi connectivity index (χ0v) is 22.0. The van der Waals surface area contributed by atoms with Gasteiger partial charge >= 0.3 is 0 Å². The van der Waals surface area contributed by atoms with E-state index in [1.807, 2.05) is 13.8 Å². The molecule has 0 atom stereocenters. The lowest BCUT2D eigenvalue weighted by Gasteiger charge is -2.15. The number of hydrogen-bond donors (Lipinski definition) is 2. The van der Waals surface area contributed by atoms with Gasteiger partial charge in [0.25, 0.3) is 11.6 Å². The minimum atomic E-state index is -4.19. The van der Waals surface area contributed by atoms with Crippen LogP contribution in [0, 0.1) is 23.0 Å². The Balaban J connectivity index is 1.83. The molecule has 2 aromatic carbocycles. The van der Waals surface area contributed by atoms with E-state index in [0.717, 1.165) is 25.0 Å². The van der Waals surface area contributed by atoms with E-state index in [2.05, 4.69) is 15.1 Å². The predicted octanol–water partition coefficient (Wildman–Crippen LogP) is 4.36. The Morgan fingerprint density at radius 2 is 2.00 bits per heavy atom. The Bertz CT molecular complexity index is 1470. The highest BCUT2D eigenvalue weighted by molar-refractivity contribution is 7.89. The molecule has 13 heteroatoms. The summed E-state index contributed by atoms with van der Waals surface area (Å²) in [7, 11) is -4.19. The van der Waals surface area contributed by atoms with Gasteiger partial charge < -0.3 is 10.1 Å². The van der Waals surface area contributed by atoms with Gasteiger partial charge in [0.1, 0.15) is 10.6 Å². The van der Waals surface area contributed by atoms with Crippen LogP contribution in [-0.4, -0.2) is 41.6 Å². The van der Waals surface area contributed by atoms with Gasteiger partial charge in [0.2, 0.25) is 15.9 Å². The molecule has 0 bridgehead atoms. The number of ether oxygens (including phenoxy) is 1. The molecule has 2 N–H and O–H groups in total. The quantitative estimate of drug-likeness (QED) is 0.283. The van der Waals surface area contributed by atoms with Gasteiger partial charge in [0, 0.05) is 35.3 Å². The molecule has 3 aromatic rings. The number of hydrogen-bond acceptors (Lipinski definition) is 7. The molecule has 1 aliphatic carbocycles. The average molecular weight is 548 g/mol. The molecular weight excluding hydrogens is 522 g/mol. The standard InChI is InChI=1S/C24H26ClN5O6S/c1-14(2)13-26-37(34,35)21-12-19(30(32)33)9-10-20(21)36-24-15(3)22(23(31)27-17-7-8-17)28-29(24)18-6-4-5-16(25)11-18/h4-6,9-12,14,17,26H,7-8,13H2,1-3H3,(H,27,31).